The van der Waals surface area contributed by atoms with Gasteiger partial charge < -0.3 is 10.2 Å². The van der Waals surface area contributed by atoms with Crippen molar-refractivity contribution in [1.29, 1.82) is 0 Å². The minimum absolute atomic E-state index is 0.334. The first-order chi connectivity index (χ1) is 6.76. The van der Waals surface area contributed by atoms with Gasteiger partial charge in [0, 0.05) is 19.5 Å². The molecule has 0 radical (unpaired) electrons. The van der Waals surface area contributed by atoms with Crippen molar-refractivity contribution in [3.63, 3.8) is 0 Å². The molecule has 0 saturated carbocycles. The van der Waals surface area contributed by atoms with E-state index in [2.05, 4.69) is 10.2 Å². The average molecular weight is 196 g/mol. The first-order valence-corrected chi connectivity index (χ1v) is 5.74. The van der Waals surface area contributed by atoms with Crippen LogP contribution in [-0.2, 0) is 4.79 Å². The summed E-state index contributed by atoms with van der Waals surface area (Å²) in [5.74, 6) is 0.334. The first kappa shape index (κ1) is 9.97. The summed E-state index contributed by atoms with van der Waals surface area (Å²) in [5, 5.41) is 3.39. The largest absolute Gasteiger partial charge is 0.342 e. The number of rotatable bonds is 1. The van der Waals surface area contributed by atoms with Gasteiger partial charge in [-0.1, -0.05) is 6.92 Å². The van der Waals surface area contributed by atoms with Crippen LogP contribution >= 0.6 is 0 Å². The molecule has 1 N–H and O–H groups in total. The lowest BCUT2D eigenvalue weighted by Gasteiger charge is -2.33. The smallest absolute Gasteiger partial charge is 0.222 e. The number of hydrogen-bond acceptors (Lipinski definition) is 2. The molecule has 0 aliphatic carbocycles. The summed E-state index contributed by atoms with van der Waals surface area (Å²) < 4.78 is 0. The monoisotopic (exact) mass is 196 g/mol. The summed E-state index contributed by atoms with van der Waals surface area (Å²) in [5.41, 5.74) is 0.468. The molecule has 2 heterocycles. The SMILES string of the molecule is CCC(=O)N1CCC2(CCNCC2)C1. The van der Waals surface area contributed by atoms with Crippen LogP contribution in [0.4, 0.5) is 0 Å². The molecule has 0 aromatic rings. The second-order valence-corrected chi connectivity index (χ2v) is 4.67. The number of amides is 1. The van der Waals surface area contributed by atoms with Crippen LogP contribution in [-0.4, -0.2) is 37.0 Å². The van der Waals surface area contributed by atoms with E-state index < -0.39 is 0 Å². The van der Waals surface area contributed by atoms with Crippen molar-refractivity contribution in [2.24, 2.45) is 5.41 Å². The maximum Gasteiger partial charge on any atom is 0.222 e. The average Bonchev–Trinajstić information content (AvgIpc) is 2.62. The quantitative estimate of drug-likeness (QED) is 0.678. The van der Waals surface area contributed by atoms with Gasteiger partial charge in [0.1, 0.15) is 0 Å². The van der Waals surface area contributed by atoms with E-state index in [0.717, 1.165) is 26.2 Å². The molecule has 3 heteroatoms. The van der Waals surface area contributed by atoms with Crippen LogP contribution in [0.15, 0.2) is 0 Å². The molecule has 1 spiro atoms. The van der Waals surface area contributed by atoms with Gasteiger partial charge in [-0.15, -0.1) is 0 Å². The summed E-state index contributed by atoms with van der Waals surface area (Å²) in [6, 6.07) is 0. The molecular weight excluding hydrogens is 176 g/mol. The normalized spacial score (nSPS) is 25.6. The molecule has 0 unspecified atom stereocenters. The Labute approximate surface area is 85.8 Å². The molecule has 2 rings (SSSR count). The Bertz CT molecular complexity index is 221. The molecule has 0 aromatic heterocycles. The van der Waals surface area contributed by atoms with Crippen LogP contribution < -0.4 is 5.32 Å². The van der Waals surface area contributed by atoms with Gasteiger partial charge in [-0.25, -0.2) is 0 Å². The fourth-order valence-corrected chi connectivity index (χ4v) is 2.74. The van der Waals surface area contributed by atoms with E-state index in [1.165, 1.54) is 19.3 Å². The van der Waals surface area contributed by atoms with E-state index in [0.29, 0.717) is 17.7 Å². The van der Waals surface area contributed by atoms with E-state index in [1.807, 2.05) is 6.92 Å². The van der Waals surface area contributed by atoms with Crippen LogP contribution in [0.1, 0.15) is 32.6 Å². The summed E-state index contributed by atoms with van der Waals surface area (Å²) >= 11 is 0. The second kappa shape index (κ2) is 3.89. The molecular formula is C11H20N2O. The molecule has 2 aliphatic rings. The van der Waals surface area contributed by atoms with Gasteiger partial charge >= 0.3 is 0 Å². The molecule has 1 amide bonds. The third kappa shape index (κ3) is 1.78. The van der Waals surface area contributed by atoms with E-state index >= 15 is 0 Å². The van der Waals surface area contributed by atoms with Crippen molar-refractivity contribution >= 4 is 5.91 Å². The molecule has 2 saturated heterocycles. The molecule has 2 aliphatic heterocycles. The summed E-state index contributed by atoms with van der Waals surface area (Å²) in [6.45, 7) is 6.23. The van der Waals surface area contributed by atoms with Crippen molar-refractivity contribution < 1.29 is 4.79 Å². The zero-order valence-corrected chi connectivity index (χ0v) is 9.01. The van der Waals surface area contributed by atoms with E-state index in [4.69, 9.17) is 0 Å². The minimum Gasteiger partial charge on any atom is -0.342 e. The van der Waals surface area contributed by atoms with Crippen LogP contribution in [0, 0.1) is 5.41 Å². The molecule has 2 fully saturated rings. The Balaban J connectivity index is 1.95. The molecule has 0 atom stereocenters. The fraction of sp³-hybridized carbons (Fsp3) is 0.909. The lowest BCUT2D eigenvalue weighted by molar-refractivity contribution is -0.130. The fourth-order valence-electron chi connectivity index (χ4n) is 2.74. The van der Waals surface area contributed by atoms with Gasteiger partial charge in [-0.05, 0) is 37.8 Å². The van der Waals surface area contributed by atoms with Crippen molar-refractivity contribution in [3.8, 4) is 0 Å². The summed E-state index contributed by atoms with van der Waals surface area (Å²) in [7, 11) is 0. The second-order valence-electron chi connectivity index (χ2n) is 4.67. The Morgan fingerprint density at radius 1 is 1.36 bits per heavy atom. The Morgan fingerprint density at radius 3 is 2.71 bits per heavy atom. The van der Waals surface area contributed by atoms with E-state index in [-0.39, 0.29) is 0 Å². The van der Waals surface area contributed by atoms with Crippen molar-refractivity contribution in [2.45, 2.75) is 32.6 Å². The highest BCUT2D eigenvalue weighted by Crippen LogP contribution is 2.38. The highest BCUT2D eigenvalue weighted by molar-refractivity contribution is 5.76. The standard InChI is InChI=1S/C11H20N2O/c1-2-10(14)13-8-5-11(9-13)3-6-12-7-4-11/h12H,2-9H2,1H3. The van der Waals surface area contributed by atoms with E-state index in [1.54, 1.807) is 0 Å². The predicted molar refractivity (Wildman–Crippen MR) is 56.0 cm³/mol. The van der Waals surface area contributed by atoms with Gasteiger partial charge in [0.2, 0.25) is 5.91 Å². The van der Waals surface area contributed by atoms with Crippen molar-refractivity contribution in [1.82, 2.24) is 10.2 Å². The number of carbonyl (C=O) groups is 1. The number of carbonyl (C=O) groups excluding carboxylic acids is 1. The van der Waals surface area contributed by atoms with Gasteiger partial charge in [-0.2, -0.15) is 0 Å². The van der Waals surface area contributed by atoms with Gasteiger partial charge in [0.15, 0.2) is 0 Å². The van der Waals surface area contributed by atoms with Crippen LogP contribution in [0.5, 0.6) is 0 Å². The van der Waals surface area contributed by atoms with Crippen molar-refractivity contribution in [3.05, 3.63) is 0 Å². The first-order valence-electron chi connectivity index (χ1n) is 5.74. The number of nitrogens with one attached hydrogen (secondary N) is 1. The number of likely N-dealkylation sites (tertiary alicyclic amines) is 1. The molecule has 14 heavy (non-hydrogen) atoms. The maximum atomic E-state index is 11.6. The third-order valence-corrected chi connectivity index (χ3v) is 3.76. The molecule has 0 bridgehead atoms. The maximum absolute atomic E-state index is 11.6. The molecule has 0 aromatic carbocycles. The number of nitrogens with zero attached hydrogens (tertiary/aromatic N) is 1. The molecule has 80 valence electrons. The summed E-state index contributed by atoms with van der Waals surface area (Å²) in [4.78, 5) is 13.6. The van der Waals surface area contributed by atoms with E-state index in [9.17, 15) is 4.79 Å². The van der Waals surface area contributed by atoms with Crippen molar-refractivity contribution in [2.75, 3.05) is 26.2 Å². The molecule has 3 nitrogen and oxygen atoms in total. The lowest BCUT2D eigenvalue weighted by atomic mass is 9.78. The van der Waals surface area contributed by atoms with Gasteiger partial charge in [0.25, 0.3) is 0 Å². The predicted octanol–water partition coefficient (Wildman–Crippen LogP) is 0.998. The van der Waals surface area contributed by atoms with Gasteiger partial charge in [-0.3, -0.25) is 4.79 Å². The number of piperidine rings is 1. The highest BCUT2D eigenvalue weighted by Gasteiger charge is 2.39. The van der Waals surface area contributed by atoms with Crippen LogP contribution in [0.25, 0.3) is 0 Å². The topological polar surface area (TPSA) is 32.3 Å². The lowest BCUT2D eigenvalue weighted by Crippen LogP contribution is -2.39. The highest BCUT2D eigenvalue weighted by atomic mass is 16.2. The Morgan fingerprint density at radius 2 is 2.07 bits per heavy atom. The van der Waals surface area contributed by atoms with Crippen LogP contribution in [0.2, 0.25) is 0 Å². The number of hydrogen-bond donors (Lipinski definition) is 1. The third-order valence-electron chi connectivity index (χ3n) is 3.76. The zero-order chi connectivity index (χ0) is 10.0. The van der Waals surface area contributed by atoms with Crippen LogP contribution in [0.3, 0.4) is 0 Å². The minimum atomic E-state index is 0.334. The Hall–Kier alpha value is -0.570. The Kier molecular flexibility index (Phi) is 2.77. The summed E-state index contributed by atoms with van der Waals surface area (Å²) in [6.07, 6.45) is 4.38. The van der Waals surface area contributed by atoms with Gasteiger partial charge in [0.05, 0.1) is 0 Å². The zero-order valence-electron chi connectivity index (χ0n) is 9.01.